The van der Waals surface area contributed by atoms with E-state index < -0.39 is 0 Å². The zero-order chi connectivity index (χ0) is 16.9. The van der Waals surface area contributed by atoms with Crippen molar-refractivity contribution < 1.29 is 23.8 Å². The van der Waals surface area contributed by atoms with Gasteiger partial charge in [-0.25, -0.2) is 0 Å². The highest BCUT2D eigenvalue weighted by Gasteiger charge is 2.66. The highest BCUT2D eigenvalue weighted by atomic mass is 16.6. The van der Waals surface area contributed by atoms with E-state index in [9.17, 15) is 9.59 Å². The molecule has 2 heterocycles. The summed E-state index contributed by atoms with van der Waals surface area (Å²) in [4.78, 5) is 22.9. The average molecular weight is 330 g/mol. The molecule has 0 amide bonds. The van der Waals surface area contributed by atoms with E-state index in [1.54, 1.807) is 0 Å². The van der Waals surface area contributed by atoms with E-state index in [2.05, 4.69) is 24.3 Å². The molecule has 1 aromatic rings. The third-order valence-corrected chi connectivity index (χ3v) is 5.79. The molecular formula is C19H22O5. The summed E-state index contributed by atoms with van der Waals surface area (Å²) in [6.07, 6.45) is 2.07. The lowest BCUT2D eigenvalue weighted by atomic mass is 9.57. The fraction of sp³-hybridized carbons (Fsp3) is 0.579. The molecule has 1 aliphatic carbocycles. The fourth-order valence-electron chi connectivity index (χ4n) is 5.00. The number of hydrogen-bond donors (Lipinski definition) is 0. The number of hydrogen-bond acceptors (Lipinski definition) is 5. The fourth-order valence-corrected chi connectivity index (χ4v) is 5.00. The molecule has 0 radical (unpaired) electrons. The van der Waals surface area contributed by atoms with Gasteiger partial charge in [0, 0.05) is 31.6 Å². The first-order valence-electron chi connectivity index (χ1n) is 8.55. The molecular weight excluding hydrogens is 308 g/mol. The van der Waals surface area contributed by atoms with Crippen LogP contribution in [0.25, 0.3) is 0 Å². The van der Waals surface area contributed by atoms with Crippen LogP contribution in [0.5, 0.6) is 0 Å². The van der Waals surface area contributed by atoms with Crippen molar-refractivity contribution in [3.63, 3.8) is 0 Å². The van der Waals surface area contributed by atoms with E-state index in [-0.39, 0.29) is 41.6 Å². The van der Waals surface area contributed by atoms with Gasteiger partial charge < -0.3 is 14.2 Å². The van der Waals surface area contributed by atoms with Crippen LogP contribution in [0.2, 0.25) is 0 Å². The number of benzene rings is 1. The molecule has 2 bridgehead atoms. The van der Waals surface area contributed by atoms with Crippen LogP contribution < -0.4 is 0 Å². The van der Waals surface area contributed by atoms with Gasteiger partial charge in [0.2, 0.25) is 0 Å². The minimum Gasteiger partial charge on any atom is -0.465 e. The zero-order valence-corrected chi connectivity index (χ0v) is 14.0. The van der Waals surface area contributed by atoms with Crippen LogP contribution in [0, 0.1) is 5.41 Å². The second-order valence-corrected chi connectivity index (χ2v) is 7.17. The van der Waals surface area contributed by atoms with Crippen LogP contribution in [0.15, 0.2) is 24.3 Å². The molecule has 2 fully saturated rings. The van der Waals surface area contributed by atoms with Gasteiger partial charge in [-0.2, -0.15) is 0 Å². The number of carbonyl (C=O) groups excluding carboxylic acids is 2. The molecule has 2 aliphatic heterocycles. The van der Waals surface area contributed by atoms with E-state index in [1.165, 1.54) is 25.0 Å². The van der Waals surface area contributed by atoms with Crippen LogP contribution in [0.1, 0.15) is 43.7 Å². The molecule has 5 atom stereocenters. The molecule has 24 heavy (non-hydrogen) atoms. The largest absolute Gasteiger partial charge is 0.465 e. The Bertz CT molecular complexity index is 684. The minimum atomic E-state index is -0.303. The Morgan fingerprint density at radius 1 is 1.25 bits per heavy atom. The molecule has 0 unspecified atom stereocenters. The molecule has 0 saturated carbocycles. The molecule has 3 aliphatic rings. The molecule has 1 aromatic carbocycles. The Kier molecular flexibility index (Phi) is 3.64. The minimum absolute atomic E-state index is 0.0105. The molecule has 0 spiro atoms. The molecule has 0 aromatic heterocycles. The van der Waals surface area contributed by atoms with Gasteiger partial charge in [0.05, 0.1) is 6.10 Å². The Labute approximate surface area is 141 Å². The molecule has 5 nitrogen and oxygen atoms in total. The maximum Gasteiger partial charge on any atom is 0.302 e. The van der Waals surface area contributed by atoms with Crippen molar-refractivity contribution in [2.24, 2.45) is 5.41 Å². The summed E-state index contributed by atoms with van der Waals surface area (Å²) in [5.41, 5.74) is 2.34. The van der Waals surface area contributed by atoms with Gasteiger partial charge in [-0.3, -0.25) is 9.59 Å². The Morgan fingerprint density at radius 2 is 2.04 bits per heavy atom. The van der Waals surface area contributed by atoms with Gasteiger partial charge in [0.15, 0.2) is 0 Å². The first-order valence-corrected chi connectivity index (χ1v) is 8.55. The number of fused-ring (bicyclic) bond motifs is 7. The predicted octanol–water partition coefficient (Wildman–Crippen LogP) is 2.37. The highest BCUT2D eigenvalue weighted by molar-refractivity contribution is 5.66. The second-order valence-electron chi connectivity index (χ2n) is 7.17. The van der Waals surface area contributed by atoms with Crippen molar-refractivity contribution in [3.05, 3.63) is 35.4 Å². The van der Waals surface area contributed by atoms with Crippen LogP contribution in [-0.2, 0) is 30.2 Å². The number of rotatable bonds is 3. The van der Waals surface area contributed by atoms with E-state index >= 15 is 0 Å². The lowest BCUT2D eigenvalue weighted by Gasteiger charge is -2.46. The summed E-state index contributed by atoms with van der Waals surface area (Å²) in [7, 11) is 0. The Morgan fingerprint density at radius 3 is 2.79 bits per heavy atom. The standard InChI is InChI=1S/C19H22O5/c1-11(20)22-10-19-8-7-13-5-3-4-6-14(13)17(19)15-9-16(18(19)24-15)23-12(2)21/h3-6,15-18H,7-10H2,1-2H3/t15-,16-,17+,18+,19+/m0/s1. The smallest absolute Gasteiger partial charge is 0.302 e. The monoisotopic (exact) mass is 330 g/mol. The topological polar surface area (TPSA) is 61.8 Å². The van der Waals surface area contributed by atoms with Gasteiger partial charge in [0.25, 0.3) is 0 Å². The van der Waals surface area contributed by atoms with Gasteiger partial charge in [-0.05, 0) is 24.0 Å². The van der Waals surface area contributed by atoms with Crippen molar-refractivity contribution >= 4 is 11.9 Å². The average Bonchev–Trinajstić information content (AvgIpc) is 3.09. The summed E-state index contributed by atoms with van der Waals surface area (Å²) in [5.74, 6) is -0.376. The number of ether oxygens (including phenoxy) is 3. The summed E-state index contributed by atoms with van der Waals surface area (Å²) in [6, 6.07) is 8.44. The lowest BCUT2D eigenvalue weighted by Crippen LogP contribution is -2.52. The van der Waals surface area contributed by atoms with E-state index in [1.807, 2.05) is 0 Å². The van der Waals surface area contributed by atoms with Crippen molar-refractivity contribution in [2.75, 3.05) is 6.61 Å². The molecule has 128 valence electrons. The number of carbonyl (C=O) groups is 2. The maximum absolute atomic E-state index is 11.4. The number of esters is 2. The van der Waals surface area contributed by atoms with Crippen LogP contribution in [0.4, 0.5) is 0 Å². The quantitative estimate of drug-likeness (QED) is 0.796. The summed E-state index contributed by atoms with van der Waals surface area (Å²) in [6.45, 7) is 3.18. The van der Waals surface area contributed by atoms with Gasteiger partial charge >= 0.3 is 11.9 Å². The third-order valence-electron chi connectivity index (χ3n) is 5.79. The SMILES string of the molecule is CC(=O)OC[C@]12CCc3ccccc3[C@@H]1[C@@H]1C[C@H](OC(C)=O)[C@H]2O1. The maximum atomic E-state index is 11.4. The number of aryl methyl sites for hydroxylation is 1. The van der Waals surface area contributed by atoms with Gasteiger partial charge in [0.1, 0.15) is 18.8 Å². The van der Waals surface area contributed by atoms with Crippen LogP contribution >= 0.6 is 0 Å². The van der Waals surface area contributed by atoms with Gasteiger partial charge in [-0.1, -0.05) is 24.3 Å². The Balaban J connectivity index is 1.72. The Hall–Kier alpha value is -1.88. The first kappa shape index (κ1) is 15.6. The third kappa shape index (κ3) is 2.25. The van der Waals surface area contributed by atoms with E-state index in [0.717, 1.165) is 12.8 Å². The van der Waals surface area contributed by atoms with Crippen LogP contribution in [-0.4, -0.2) is 36.9 Å². The summed E-state index contributed by atoms with van der Waals surface area (Å²) >= 11 is 0. The van der Waals surface area contributed by atoms with Crippen molar-refractivity contribution in [3.8, 4) is 0 Å². The zero-order valence-electron chi connectivity index (χ0n) is 14.0. The molecule has 2 saturated heterocycles. The van der Waals surface area contributed by atoms with E-state index in [0.29, 0.717) is 13.0 Å². The summed E-state index contributed by atoms with van der Waals surface area (Å²) < 4.78 is 17.2. The van der Waals surface area contributed by atoms with E-state index in [4.69, 9.17) is 14.2 Å². The van der Waals surface area contributed by atoms with Crippen molar-refractivity contribution in [1.82, 2.24) is 0 Å². The normalized spacial score (nSPS) is 35.9. The van der Waals surface area contributed by atoms with Gasteiger partial charge in [-0.15, -0.1) is 0 Å². The second kappa shape index (κ2) is 5.59. The molecule has 4 rings (SSSR count). The van der Waals surface area contributed by atoms with Crippen LogP contribution in [0.3, 0.4) is 0 Å². The lowest BCUT2D eigenvalue weighted by molar-refractivity contribution is -0.159. The summed E-state index contributed by atoms with van der Waals surface area (Å²) in [5, 5.41) is 0. The van der Waals surface area contributed by atoms with Crippen molar-refractivity contribution in [1.29, 1.82) is 0 Å². The molecule has 0 N–H and O–H groups in total. The first-order chi connectivity index (χ1) is 11.5. The van der Waals surface area contributed by atoms with Crippen molar-refractivity contribution in [2.45, 2.75) is 57.3 Å². The highest BCUT2D eigenvalue weighted by Crippen LogP contribution is 2.62. The predicted molar refractivity (Wildman–Crippen MR) is 85.4 cm³/mol. The molecule has 5 heteroatoms.